The van der Waals surface area contributed by atoms with Crippen molar-refractivity contribution in [1.29, 1.82) is 10.5 Å². The molecule has 0 unspecified atom stereocenters. The molecule has 9 heteroatoms. The number of aryl methyl sites for hydroxylation is 1. The molecule has 0 bridgehead atoms. The lowest BCUT2D eigenvalue weighted by atomic mass is 9.91. The molecule has 5 rings (SSSR count). The summed E-state index contributed by atoms with van der Waals surface area (Å²) in [6.07, 6.45) is 1.93. The van der Waals surface area contributed by atoms with Gasteiger partial charge in [-0.05, 0) is 81.5 Å². The summed E-state index contributed by atoms with van der Waals surface area (Å²) in [6, 6.07) is 15.8. The van der Waals surface area contributed by atoms with Crippen LogP contribution in [0.15, 0.2) is 42.5 Å². The number of amides is 2. The van der Waals surface area contributed by atoms with Crippen LogP contribution in [0.2, 0.25) is 0 Å². The first-order valence-electron chi connectivity index (χ1n) is 13.2. The highest BCUT2D eigenvalue weighted by molar-refractivity contribution is 6.02. The van der Waals surface area contributed by atoms with E-state index in [1.54, 1.807) is 49.9 Å². The van der Waals surface area contributed by atoms with Gasteiger partial charge in [0.2, 0.25) is 0 Å². The predicted octanol–water partition coefficient (Wildman–Crippen LogP) is 5.08. The van der Waals surface area contributed by atoms with Gasteiger partial charge in [0.25, 0.3) is 11.8 Å². The minimum Gasteiger partial charge on any atom is -0.496 e. The minimum atomic E-state index is -1.10. The second kappa shape index (κ2) is 9.84. The third-order valence-electron chi connectivity index (χ3n) is 7.83. The van der Waals surface area contributed by atoms with Gasteiger partial charge in [0.15, 0.2) is 0 Å². The average molecular weight is 540 g/mol. The van der Waals surface area contributed by atoms with Crippen LogP contribution in [-0.4, -0.2) is 46.0 Å². The first kappa shape index (κ1) is 27.0. The van der Waals surface area contributed by atoms with Gasteiger partial charge in [-0.25, -0.2) is 4.39 Å². The molecule has 0 spiro atoms. The van der Waals surface area contributed by atoms with E-state index in [1.807, 2.05) is 10.6 Å². The summed E-state index contributed by atoms with van der Waals surface area (Å²) in [4.78, 5) is 28.9. The molecule has 0 radical (unpaired) electrons. The van der Waals surface area contributed by atoms with Crippen molar-refractivity contribution in [3.8, 4) is 40.3 Å². The summed E-state index contributed by atoms with van der Waals surface area (Å²) in [7, 11) is 1.49. The Balaban J connectivity index is 1.71. The van der Waals surface area contributed by atoms with Gasteiger partial charge in [0.05, 0.1) is 30.5 Å². The molecular weight excluding hydrogens is 509 g/mol. The Morgan fingerprint density at radius 3 is 2.48 bits per heavy atom. The van der Waals surface area contributed by atoms with Gasteiger partial charge >= 0.3 is 0 Å². The van der Waals surface area contributed by atoms with Crippen molar-refractivity contribution in [2.24, 2.45) is 0 Å². The van der Waals surface area contributed by atoms with Crippen LogP contribution in [0.5, 0.6) is 5.75 Å². The van der Waals surface area contributed by atoms with Gasteiger partial charge in [-0.3, -0.25) is 9.59 Å². The molecule has 2 aliphatic rings. The van der Waals surface area contributed by atoms with E-state index in [1.165, 1.54) is 19.2 Å². The van der Waals surface area contributed by atoms with Crippen molar-refractivity contribution in [2.45, 2.75) is 57.7 Å². The Labute approximate surface area is 232 Å². The van der Waals surface area contributed by atoms with Crippen LogP contribution in [0.4, 0.5) is 4.39 Å². The van der Waals surface area contributed by atoms with Gasteiger partial charge < -0.3 is 19.5 Å². The van der Waals surface area contributed by atoms with E-state index in [2.05, 4.69) is 17.5 Å². The average Bonchev–Trinajstić information content (AvgIpc) is 3.53. The molecule has 1 aromatic heterocycles. The van der Waals surface area contributed by atoms with E-state index >= 15 is 0 Å². The number of aromatic nitrogens is 1. The van der Waals surface area contributed by atoms with Crippen molar-refractivity contribution >= 4 is 11.8 Å². The Morgan fingerprint density at radius 2 is 1.82 bits per heavy atom. The summed E-state index contributed by atoms with van der Waals surface area (Å²) < 4.78 is 21.4. The number of halogens is 1. The van der Waals surface area contributed by atoms with Crippen molar-refractivity contribution < 1.29 is 18.7 Å². The van der Waals surface area contributed by atoms with Crippen LogP contribution in [0.3, 0.4) is 0 Å². The van der Waals surface area contributed by atoms with Gasteiger partial charge in [-0.1, -0.05) is 12.1 Å². The molecular formula is C31H30FN5O3. The molecule has 204 valence electrons. The molecule has 3 aromatic rings. The maximum absolute atomic E-state index is 13.9. The van der Waals surface area contributed by atoms with Crippen molar-refractivity contribution in [2.75, 3.05) is 13.7 Å². The number of carbonyl (C=O) groups excluding carboxylic acids is 2. The summed E-state index contributed by atoms with van der Waals surface area (Å²) >= 11 is 0. The fraction of sp³-hybridized carbons (Fsp3) is 0.355. The van der Waals surface area contributed by atoms with Crippen molar-refractivity contribution in [3.63, 3.8) is 0 Å². The Bertz CT molecular complexity index is 1610. The maximum atomic E-state index is 13.9. The molecule has 0 saturated carbocycles. The van der Waals surface area contributed by atoms with Gasteiger partial charge in [0, 0.05) is 24.2 Å². The zero-order valence-electron chi connectivity index (χ0n) is 23.0. The summed E-state index contributed by atoms with van der Waals surface area (Å²) in [6.45, 7) is 5.99. The lowest BCUT2D eigenvalue weighted by Gasteiger charge is -2.30. The number of hydrogen-bond donors (Lipinski definition) is 1. The Hall–Kier alpha value is -4.63. The third kappa shape index (κ3) is 4.48. The second-order valence-corrected chi connectivity index (χ2v) is 11.0. The summed E-state index contributed by atoms with van der Waals surface area (Å²) in [5, 5.41) is 22.0. The lowest BCUT2D eigenvalue weighted by Crippen LogP contribution is -2.44. The Morgan fingerprint density at radius 1 is 1.10 bits per heavy atom. The van der Waals surface area contributed by atoms with E-state index in [4.69, 9.17) is 4.74 Å². The molecule has 1 fully saturated rings. The van der Waals surface area contributed by atoms with Gasteiger partial charge in [-0.15, -0.1) is 0 Å². The molecule has 8 nitrogen and oxygen atoms in total. The van der Waals surface area contributed by atoms with Crippen LogP contribution in [-0.2, 0) is 13.0 Å². The van der Waals surface area contributed by atoms with Crippen LogP contribution in [0.25, 0.3) is 22.4 Å². The van der Waals surface area contributed by atoms with E-state index < -0.39 is 17.0 Å². The van der Waals surface area contributed by atoms with Crippen LogP contribution < -0.4 is 10.1 Å². The number of likely N-dealkylation sites (tertiary alicyclic amines) is 1. The molecule has 1 N–H and O–H groups in total. The smallest absolute Gasteiger partial charge is 0.271 e. The van der Waals surface area contributed by atoms with E-state index in [0.29, 0.717) is 42.9 Å². The Kier molecular flexibility index (Phi) is 6.63. The zero-order valence-corrected chi connectivity index (χ0v) is 23.0. The van der Waals surface area contributed by atoms with E-state index in [-0.39, 0.29) is 17.3 Å². The monoisotopic (exact) mass is 539 g/mol. The molecule has 2 aromatic carbocycles. The standard InChI is InChI=1S/C31H30FN5O3/c1-30(2,17-33)35-28(38)24-15-22-20(14-26(24)40-4)10-13-36-25(29(39)37-12-5-11-31(37,3)18-34)16-23(27(22)36)19-6-8-21(32)9-7-19/h6-9,14-16H,5,10-13H2,1-4H3,(H,35,38)/t31-/m1/s1. The molecule has 2 amide bonds. The van der Waals surface area contributed by atoms with Crippen LogP contribution in [0.1, 0.15) is 60.0 Å². The second-order valence-electron chi connectivity index (χ2n) is 11.0. The molecule has 1 atom stereocenters. The number of carbonyl (C=O) groups is 2. The highest BCUT2D eigenvalue weighted by Crippen LogP contribution is 2.43. The van der Waals surface area contributed by atoms with E-state index in [9.17, 15) is 24.5 Å². The number of fused-ring (bicyclic) bond motifs is 3. The number of rotatable bonds is 5. The fourth-order valence-corrected chi connectivity index (χ4v) is 5.65. The predicted molar refractivity (Wildman–Crippen MR) is 147 cm³/mol. The minimum absolute atomic E-state index is 0.234. The molecule has 0 aliphatic carbocycles. The maximum Gasteiger partial charge on any atom is 0.271 e. The quantitative estimate of drug-likeness (QED) is 0.486. The topological polar surface area (TPSA) is 111 Å². The van der Waals surface area contributed by atoms with Crippen molar-refractivity contribution in [1.82, 2.24) is 14.8 Å². The van der Waals surface area contributed by atoms with Gasteiger partial charge in [0.1, 0.15) is 28.3 Å². The number of benzene rings is 2. The SMILES string of the molecule is COc1cc2c(cc1C(=O)NC(C)(C)C#N)-c1c(-c3ccc(F)cc3)cc(C(=O)N3CCC[C@]3(C)C#N)n1CC2. The highest BCUT2D eigenvalue weighted by Gasteiger charge is 2.42. The molecule has 3 heterocycles. The normalized spacial score (nSPS) is 17.8. The fourth-order valence-electron chi connectivity index (χ4n) is 5.65. The summed E-state index contributed by atoms with van der Waals surface area (Å²) in [5.74, 6) is -0.691. The zero-order chi connectivity index (χ0) is 28.8. The first-order chi connectivity index (χ1) is 19.0. The van der Waals surface area contributed by atoms with Crippen LogP contribution in [0, 0.1) is 28.5 Å². The molecule has 40 heavy (non-hydrogen) atoms. The molecule has 2 aliphatic heterocycles. The third-order valence-corrected chi connectivity index (χ3v) is 7.83. The van der Waals surface area contributed by atoms with Crippen LogP contribution >= 0.6 is 0 Å². The lowest BCUT2D eigenvalue weighted by molar-refractivity contribution is 0.0681. The summed E-state index contributed by atoms with van der Waals surface area (Å²) in [5.41, 5.74) is 2.55. The van der Waals surface area contributed by atoms with E-state index in [0.717, 1.165) is 28.8 Å². The number of methoxy groups -OCH3 is 1. The molecule has 1 saturated heterocycles. The number of nitrogens with one attached hydrogen (secondary N) is 1. The largest absolute Gasteiger partial charge is 0.496 e. The first-order valence-corrected chi connectivity index (χ1v) is 13.2. The number of ether oxygens (including phenoxy) is 1. The number of nitrogens with zero attached hydrogens (tertiary/aromatic N) is 4. The van der Waals surface area contributed by atoms with Crippen molar-refractivity contribution in [3.05, 3.63) is 65.1 Å². The van der Waals surface area contributed by atoms with Gasteiger partial charge in [-0.2, -0.15) is 10.5 Å². The highest BCUT2D eigenvalue weighted by atomic mass is 19.1. The number of hydrogen-bond acceptors (Lipinski definition) is 5. The number of nitriles is 2.